The number of benzene rings is 2. The van der Waals surface area contributed by atoms with Crippen LogP contribution in [0.2, 0.25) is 0 Å². The van der Waals surface area contributed by atoms with Crippen molar-refractivity contribution in [3.05, 3.63) is 68.7 Å². The molecule has 4 N–H and O–H groups in total. The van der Waals surface area contributed by atoms with Crippen LogP contribution in [0.4, 0.5) is 0 Å². The molecule has 0 fully saturated rings. The van der Waals surface area contributed by atoms with Crippen LogP contribution in [0.3, 0.4) is 0 Å². The Kier molecular flexibility index (Phi) is 9.42. The summed E-state index contributed by atoms with van der Waals surface area (Å²) in [7, 11) is 0. The van der Waals surface area contributed by atoms with E-state index >= 15 is 0 Å². The highest BCUT2D eigenvalue weighted by Crippen LogP contribution is 2.32. The molecule has 0 aliphatic rings. The Labute approximate surface area is 242 Å². The fraction of sp³-hybridized carbons (Fsp3) is 0.214. The minimum Gasteiger partial charge on any atom is -0.507 e. The van der Waals surface area contributed by atoms with Gasteiger partial charge >= 0.3 is 11.9 Å². The molecule has 0 aliphatic heterocycles. The Morgan fingerprint density at radius 2 is 1.34 bits per heavy atom. The average molecular weight is 593 g/mol. The fourth-order valence-corrected chi connectivity index (χ4v) is 5.13. The number of nitrogens with zero attached hydrogens (tertiary/aromatic N) is 4. The molecule has 13 heteroatoms. The van der Waals surface area contributed by atoms with Gasteiger partial charge in [0, 0.05) is 11.1 Å². The van der Waals surface area contributed by atoms with Gasteiger partial charge in [-0.05, 0) is 64.1 Å². The predicted octanol–water partition coefficient (Wildman–Crippen LogP) is 5.23. The van der Waals surface area contributed by atoms with Crippen molar-refractivity contribution >= 4 is 34.6 Å². The molecule has 0 aliphatic carbocycles. The first-order chi connectivity index (χ1) is 19.2. The highest BCUT2D eigenvalue weighted by atomic mass is 32.1. The lowest BCUT2D eigenvalue weighted by Gasteiger charge is -2.18. The first-order valence-electron chi connectivity index (χ1n) is 11.8. The monoisotopic (exact) mass is 592 g/mol. The smallest absolute Gasteiger partial charge is 0.347 e. The lowest BCUT2D eigenvalue weighted by Crippen LogP contribution is -2.28. The van der Waals surface area contributed by atoms with E-state index in [1.165, 1.54) is 12.1 Å². The lowest BCUT2D eigenvalue weighted by molar-refractivity contribution is 0.0284. The SMILES string of the molecule is Cc1nc(-c2ccc(O)c(C#N)c2)sc1C(=O)O.Cc1nc(-c2ccc(OCC(C)(C)O)c(C#N)c2)sc1C(=O)O. The van der Waals surface area contributed by atoms with Crippen LogP contribution >= 0.6 is 22.7 Å². The van der Waals surface area contributed by atoms with Gasteiger partial charge in [-0.15, -0.1) is 22.7 Å². The summed E-state index contributed by atoms with van der Waals surface area (Å²) in [6.45, 7) is 6.53. The first kappa shape index (κ1) is 30.7. The molecule has 4 aromatic rings. The zero-order valence-corrected chi connectivity index (χ0v) is 23.9. The van der Waals surface area contributed by atoms with Crippen molar-refractivity contribution in [3.8, 4) is 44.8 Å². The van der Waals surface area contributed by atoms with Crippen molar-refractivity contribution < 1.29 is 34.8 Å². The summed E-state index contributed by atoms with van der Waals surface area (Å²) in [6.07, 6.45) is 0. The van der Waals surface area contributed by atoms with Crippen LogP contribution in [-0.4, -0.2) is 54.5 Å². The topological polar surface area (TPSA) is 198 Å². The number of phenolic OH excluding ortho intramolecular Hbond substituents is 1. The summed E-state index contributed by atoms with van der Waals surface area (Å²) in [4.78, 5) is 30.8. The van der Waals surface area contributed by atoms with Gasteiger partial charge in [0.1, 0.15) is 50.0 Å². The molecule has 4 rings (SSSR count). The molecule has 0 saturated heterocycles. The molecule has 41 heavy (non-hydrogen) atoms. The van der Waals surface area contributed by atoms with Gasteiger partial charge in [-0.1, -0.05) is 0 Å². The standard InChI is InChI=1S/C16H16N2O4S.C12H8N2O3S/c1-9-13(15(19)20)23-14(18-9)10-4-5-12(11(6-10)7-17)22-8-16(2,3)21;1-6-10(12(16)17)18-11(14-6)7-2-3-9(15)8(4-7)5-13/h4-6,21H,8H2,1-3H3,(H,19,20);2-4,15H,1H3,(H,16,17). The Balaban J connectivity index is 0.000000232. The van der Waals surface area contributed by atoms with Crippen molar-refractivity contribution in [2.24, 2.45) is 0 Å². The van der Waals surface area contributed by atoms with Gasteiger partial charge in [0.05, 0.1) is 28.1 Å². The zero-order chi connectivity index (χ0) is 30.5. The van der Waals surface area contributed by atoms with Crippen molar-refractivity contribution in [3.63, 3.8) is 0 Å². The molecule has 2 aromatic carbocycles. The number of carbonyl (C=O) groups is 2. The number of hydrogen-bond donors (Lipinski definition) is 4. The van der Waals surface area contributed by atoms with Gasteiger partial charge in [0.15, 0.2) is 0 Å². The predicted molar refractivity (Wildman–Crippen MR) is 151 cm³/mol. The quantitative estimate of drug-likeness (QED) is 0.219. The number of aryl methyl sites for hydroxylation is 2. The summed E-state index contributed by atoms with van der Waals surface area (Å²) in [5.74, 6) is -1.77. The van der Waals surface area contributed by atoms with Crippen LogP contribution in [0.5, 0.6) is 11.5 Å². The van der Waals surface area contributed by atoms with E-state index in [0.29, 0.717) is 43.8 Å². The highest BCUT2D eigenvalue weighted by molar-refractivity contribution is 7.17. The van der Waals surface area contributed by atoms with Gasteiger partial charge < -0.3 is 25.2 Å². The first-order valence-corrected chi connectivity index (χ1v) is 13.4. The van der Waals surface area contributed by atoms with Gasteiger partial charge in [0.25, 0.3) is 0 Å². The number of carboxylic acids is 2. The van der Waals surface area contributed by atoms with E-state index in [2.05, 4.69) is 9.97 Å². The second-order valence-corrected chi connectivity index (χ2v) is 11.2. The molecule has 0 atom stereocenters. The molecular formula is C28H24N4O7S2. The normalized spacial score (nSPS) is 10.6. The zero-order valence-electron chi connectivity index (χ0n) is 22.3. The summed E-state index contributed by atoms with van der Waals surface area (Å²) >= 11 is 2.11. The Morgan fingerprint density at radius 1 is 0.878 bits per heavy atom. The van der Waals surface area contributed by atoms with Crippen LogP contribution in [0.25, 0.3) is 21.1 Å². The molecular weight excluding hydrogens is 568 g/mol. The fourth-order valence-electron chi connectivity index (χ4n) is 3.33. The van der Waals surface area contributed by atoms with Crippen molar-refractivity contribution in [1.82, 2.24) is 9.97 Å². The van der Waals surface area contributed by atoms with Gasteiger partial charge in [-0.25, -0.2) is 19.6 Å². The number of hydrogen-bond acceptors (Lipinski definition) is 11. The molecule has 2 heterocycles. The number of aromatic carboxylic acids is 2. The third kappa shape index (κ3) is 7.64. The van der Waals surface area contributed by atoms with Crippen molar-refractivity contribution in [2.75, 3.05) is 6.61 Å². The number of rotatable bonds is 7. The largest absolute Gasteiger partial charge is 0.507 e. The third-order valence-corrected chi connectivity index (χ3v) is 7.66. The van der Waals surface area contributed by atoms with Crippen molar-refractivity contribution in [2.45, 2.75) is 33.3 Å². The maximum Gasteiger partial charge on any atom is 0.347 e. The molecule has 0 spiro atoms. The van der Waals surface area contributed by atoms with E-state index < -0.39 is 17.5 Å². The molecule has 0 radical (unpaired) electrons. The summed E-state index contributed by atoms with van der Waals surface area (Å²) in [5, 5.41) is 56.3. The van der Waals surface area contributed by atoms with Gasteiger partial charge in [-0.3, -0.25) is 0 Å². The van der Waals surface area contributed by atoms with Gasteiger partial charge in [-0.2, -0.15) is 10.5 Å². The number of aromatic nitrogens is 2. The second kappa shape index (κ2) is 12.6. The van der Waals surface area contributed by atoms with E-state index in [1.807, 2.05) is 12.1 Å². The van der Waals surface area contributed by atoms with E-state index in [4.69, 9.17) is 20.2 Å². The van der Waals surface area contributed by atoms with Crippen LogP contribution in [-0.2, 0) is 0 Å². The molecule has 0 amide bonds. The third-order valence-electron chi connectivity index (χ3n) is 5.27. The Hall–Kier alpha value is -4.82. The molecule has 210 valence electrons. The van der Waals surface area contributed by atoms with E-state index in [9.17, 15) is 25.1 Å². The maximum absolute atomic E-state index is 11.1. The molecule has 0 bridgehead atoms. The van der Waals surface area contributed by atoms with Gasteiger partial charge in [0.2, 0.25) is 0 Å². The number of aromatic hydroxyl groups is 1. The van der Waals surface area contributed by atoms with Crippen LogP contribution in [0.15, 0.2) is 36.4 Å². The lowest BCUT2D eigenvalue weighted by atomic mass is 10.1. The van der Waals surface area contributed by atoms with Crippen LogP contribution in [0, 0.1) is 36.5 Å². The number of nitriles is 2. The minimum absolute atomic E-state index is 0.0561. The second-order valence-electron chi connectivity index (χ2n) is 9.24. The summed E-state index contributed by atoms with van der Waals surface area (Å²) in [6, 6.07) is 13.3. The molecule has 0 unspecified atom stereocenters. The number of ether oxygens (including phenoxy) is 1. The number of carboxylic acid groups (broad SMARTS) is 2. The summed E-state index contributed by atoms with van der Waals surface area (Å²) < 4.78 is 5.47. The molecule has 0 saturated carbocycles. The van der Waals surface area contributed by atoms with Crippen LogP contribution < -0.4 is 4.74 Å². The number of aliphatic hydroxyl groups is 1. The Bertz CT molecular complexity index is 1710. The summed E-state index contributed by atoms with van der Waals surface area (Å²) in [5.41, 5.74) is 1.58. The highest BCUT2D eigenvalue weighted by Gasteiger charge is 2.18. The molecule has 2 aromatic heterocycles. The maximum atomic E-state index is 11.1. The van der Waals surface area contributed by atoms with Crippen molar-refractivity contribution in [1.29, 1.82) is 10.5 Å². The number of phenols is 1. The van der Waals surface area contributed by atoms with E-state index in [0.717, 1.165) is 22.7 Å². The average Bonchev–Trinajstić information content (AvgIpc) is 3.50. The number of thiazole rings is 2. The Morgan fingerprint density at radius 3 is 1.76 bits per heavy atom. The minimum atomic E-state index is -1.02. The molecule has 11 nitrogen and oxygen atoms in total. The van der Waals surface area contributed by atoms with Crippen LogP contribution in [0.1, 0.15) is 55.7 Å². The van der Waals surface area contributed by atoms with E-state index in [-0.39, 0.29) is 27.7 Å². The van der Waals surface area contributed by atoms with E-state index in [1.54, 1.807) is 52.0 Å².